The molecule has 0 amide bonds. The third kappa shape index (κ3) is 5.85. The van der Waals surface area contributed by atoms with E-state index < -0.39 is 4.92 Å². The van der Waals surface area contributed by atoms with Gasteiger partial charge in [0.15, 0.2) is 0 Å². The third-order valence-electron chi connectivity index (χ3n) is 5.62. The van der Waals surface area contributed by atoms with Crippen molar-refractivity contribution in [3.63, 3.8) is 0 Å². The van der Waals surface area contributed by atoms with Gasteiger partial charge >= 0.3 is 0 Å². The van der Waals surface area contributed by atoms with E-state index in [0.29, 0.717) is 34.5 Å². The number of nitro groups is 1. The van der Waals surface area contributed by atoms with Crippen molar-refractivity contribution >= 4 is 38.7 Å². The summed E-state index contributed by atoms with van der Waals surface area (Å²) < 4.78 is 8.02. The SMILES string of the molecule is CCCCc1nc2ccc(Br)cc2c(=O)n1N=Cc1cc([N+](=O)[O-])ccc1OCc1cccc(C)c1. The van der Waals surface area contributed by atoms with Crippen molar-refractivity contribution in [1.82, 2.24) is 9.66 Å². The Morgan fingerprint density at radius 3 is 2.75 bits per heavy atom. The summed E-state index contributed by atoms with van der Waals surface area (Å²) in [5.74, 6) is 0.950. The number of nitrogens with zero attached hydrogens (tertiary/aromatic N) is 4. The maximum absolute atomic E-state index is 13.3. The van der Waals surface area contributed by atoms with E-state index >= 15 is 0 Å². The minimum atomic E-state index is -0.477. The Hall–Kier alpha value is -3.85. The lowest BCUT2D eigenvalue weighted by Crippen LogP contribution is -2.22. The lowest BCUT2D eigenvalue weighted by Gasteiger charge is -2.11. The Balaban J connectivity index is 1.76. The van der Waals surface area contributed by atoms with E-state index in [1.165, 1.54) is 23.0 Å². The molecule has 3 aromatic carbocycles. The van der Waals surface area contributed by atoms with E-state index in [2.05, 4.69) is 32.9 Å². The number of fused-ring (bicyclic) bond motifs is 1. The van der Waals surface area contributed by atoms with Crippen molar-refractivity contribution in [2.75, 3.05) is 0 Å². The molecule has 0 aliphatic carbocycles. The van der Waals surface area contributed by atoms with Crippen molar-refractivity contribution in [2.24, 2.45) is 5.10 Å². The number of rotatable bonds is 9. The Bertz CT molecular complexity index is 1510. The normalized spacial score (nSPS) is 11.3. The number of nitro benzene ring substituents is 1. The van der Waals surface area contributed by atoms with Crippen LogP contribution in [0.5, 0.6) is 5.75 Å². The van der Waals surface area contributed by atoms with Gasteiger partial charge in [-0.1, -0.05) is 59.1 Å². The van der Waals surface area contributed by atoms with Crippen LogP contribution in [0, 0.1) is 17.0 Å². The molecule has 0 fully saturated rings. The first-order valence-electron chi connectivity index (χ1n) is 11.6. The molecule has 0 aliphatic rings. The van der Waals surface area contributed by atoms with Gasteiger partial charge in [-0.05, 0) is 43.2 Å². The molecule has 8 nitrogen and oxygen atoms in total. The van der Waals surface area contributed by atoms with E-state index in [0.717, 1.165) is 28.4 Å². The van der Waals surface area contributed by atoms with Crippen molar-refractivity contribution in [2.45, 2.75) is 39.7 Å². The summed E-state index contributed by atoms with van der Waals surface area (Å²) in [6.07, 6.45) is 3.76. The van der Waals surface area contributed by atoms with Gasteiger partial charge in [-0.15, -0.1) is 0 Å². The van der Waals surface area contributed by atoms with Gasteiger partial charge in [0.25, 0.3) is 11.2 Å². The van der Waals surface area contributed by atoms with Gasteiger partial charge in [0.1, 0.15) is 18.2 Å². The summed E-state index contributed by atoms with van der Waals surface area (Å²) in [7, 11) is 0. The smallest absolute Gasteiger partial charge is 0.282 e. The second kappa shape index (κ2) is 11.3. The predicted molar refractivity (Wildman–Crippen MR) is 144 cm³/mol. The first-order valence-corrected chi connectivity index (χ1v) is 12.4. The Kier molecular flexibility index (Phi) is 7.90. The van der Waals surface area contributed by atoms with Crippen LogP contribution in [0.15, 0.2) is 75.0 Å². The highest BCUT2D eigenvalue weighted by molar-refractivity contribution is 9.10. The van der Waals surface area contributed by atoms with Crippen LogP contribution in [-0.4, -0.2) is 20.8 Å². The van der Waals surface area contributed by atoms with Crippen LogP contribution in [0.3, 0.4) is 0 Å². The molecule has 184 valence electrons. The standard InChI is InChI=1S/C27H25BrN4O4/c1-3-4-8-26-30-24-11-9-21(28)15-23(24)27(33)31(26)29-16-20-14-22(32(34)35)10-12-25(20)36-17-19-7-5-6-18(2)13-19/h5-7,9-16H,3-4,8,17H2,1-2H3. The summed E-state index contributed by atoms with van der Waals surface area (Å²) in [6.45, 7) is 4.34. The number of ether oxygens (including phenoxy) is 1. The second-order valence-corrected chi connectivity index (χ2v) is 9.33. The van der Waals surface area contributed by atoms with E-state index in [9.17, 15) is 14.9 Å². The number of aromatic nitrogens is 2. The van der Waals surface area contributed by atoms with Crippen molar-refractivity contribution in [3.05, 3.63) is 108 Å². The molecular formula is C27H25BrN4O4. The Morgan fingerprint density at radius 1 is 1.17 bits per heavy atom. The van der Waals surface area contributed by atoms with E-state index in [1.54, 1.807) is 18.2 Å². The molecule has 0 radical (unpaired) electrons. The van der Waals surface area contributed by atoms with E-state index in [4.69, 9.17) is 4.74 Å². The summed E-state index contributed by atoms with van der Waals surface area (Å²) in [6, 6.07) is 17.6. The molecule has 36 heavy (non-hydrogen) atoms. The molecule has 0 saturated heterocycles. The fourth-order valence-corrected chi connectivity index (χ4v) is 4.14. The molecule has 0 atom stereocenters. The van der Waals surface area contributed by atoms with Crippen molar-refractivity contribution < 1.29 is 9.66 Å². The number of benzene rings is 3. The Morgan fingerprint density at radius 2 is 2.00 bits per heavy atom. The second-order valence-electron chi connectivity index (χ2n) is 8.41. The highest BCUT2D eigenvalue weighted by Gasteiger charge is 2.14. The molecule has 9 heteroatoms. The molecule has 0 saturated carbocycles. The zero-order valence-corrected chi connectivity index (χ0v) is 21.6. The average molecular weight is 549 g/mol. The summed E-state index contributed by atoms with van der Waals surface area (Å²) in [5.41, 5.74) is 2.65. The predicted octanol–water partition coefficient (Wildman–Crippen LogP) is 6.18. The summed E-state index contributed by atoms with van der Waals surface area (Å²) in [4.78, 5) is 28.9. The van der Waals surface area contributed by atoms with E-state index in [-0.39, 0.29) is 17.9 Å². The molecule has 1 heterocycles. The number of hydrogen-bond acceptors (Lipinski definition) is 6. The molecule has 1 aromatic heterocycles. The number of non-ortho nitro benzene ring substituents is 1. The lowest BCUT2D eigenvalue weighted by molar-refractivity contribution is -0.384. The van der Waals surface area contributed by atoms with Gasteiger partial charge in [-0.25, -0.2) is 4.98 Å². The van der Waals surface area contributed by atoms with Crippen molar-refractivity contribution in [1.29, 1.82) is 0 Å². The van der Waals surface area contributed by atoms with Gasteiger partial charge in [0, 0.05) is 28.6 Å². The summed E-state index contributed by atoms with van der Waals surface area (Å²) >= 11 is 3.40. The maximum atomic E-state index is 13.3. The molecule has 0 N–H and O–H groups in total. The van der Waals surface area contributed by atoms with E-state index in [1.807, 2.05) is 37.3 Å². The van der Waals surface area contributed by atoms with Gasteiger partial charge in [0.2, 0.25) is 0 Å². The third-order valence-corrected chi connectivity index (χ3v) is 6.12. The molecule has 4 aromatic rings. The van der Waals surface area contributed by atoms with Gasteiger partial charge < -0.3 is 4.74 Å². The van der Waals surface area contributed by atoms with Crippen LogP contribution in [0.4, 0.5) is 5.69 Å². The van der Waals surface area contributed by atoms with Crippen LogP contribution in [0.25, 0.3) is 10.9 Å². The van der Waals surface area contributed by atoms with Crippen LogP contribution < -0.4 is 10.3 Å². The zero-order valence-electron chi connectivity index (χ0n) is 20.0. The van der Waals surface area contributed by atoms with Gasteiger partial charge in [-0.3, -0.25) is 14.9 Å². The highest BCUT2D eigenvalue weighted by atomic mass is 79.9. The highest BCUT2D eigenvalue weighted by Crippen LogP contribution is 2.24. The average Bonchev–Trinajstić information content (AvgIpc) is 2.86. The number of halogens is 1. The number of unbranched alkanes of at least 4 members (excludes halogenated alkanes) is 1. The minimum absolute atomic E-state index is 0.0986. The molecular weight excluding hydrogens is 524 g/mol. The fourth-order valence-electron chi connectivity index (χ4n) is 3.78. The van der Waals surface area contributed by atoms with Crippen LogP contribution >= 0.6 is 15.9 Å². The number of hydrogen-bond donors (Lipinski definition) is 0. The molecule has 0 spiro atoms. The first kappa shape index (κ1) is 25.2. The maximum Gasteiger partial charge on any atom is 0.282 e. The molecule has 0 bridgehead atoms. The Labute approximate surface area is 216 Å². The fraction of sp³-hybridized carbons (Fsp3) is 0.222. The van der Waals surface area contributed by atoms with Gasteiger partial charge in [-0.2, -0.15) is 9.78 Å². The monoisotopic (exact) mass is 548 g/mol. The first-order chi connectivity index (χ1) is 17.4. The minimum Gasteiger partial charge on any atom is -0.488 e. The van der Waals surface area contributed by atoms with Gasteiger partial charge in [0.05, 0.1) is 22.0 Å². The quantitative estimate of drug-likeness (QED) is 0.141. The van der Waals surface area contributed by atoms with Crippen LogP contribution in [-0.2, 0) is 13.0 Å². The molecule has 0 aliphatic heterocycles. The topological polar surface area (TPSA) is 99.6 Å². The number of aryl methyl sites for hydroxylation is 2. The van der Waals surface area contributed by atoms with Crippen molar-refractivity contribution in [3.8, 4) is 5.75 Å². The zero-order chi connectivity index (χ0) is 25.7. The van der Waals surface area contributed by atoms with Crippen LogP contribution in [0.1, 0.15) is 42.3 Å². The lowest BCUT2D eigenvalue weighted by atomic mass is 10.1. The molecule has 4 rings (SSSR count). The van der Waals surface area contributed by atoms with Crippen LogP contribution in [0.2, 0.25) is 0 Å². The largest absolute Gasteiger partial charge is 0.488 e. The molecule has 0 unspecified atom stereocenters. The summed E-state index contributed by atoms with van der Waals surface area (Å²) in [5, 5.41) is 16.3.